The highest BCUT2D eigenvalue weighted by Crippen LogP contribution is 2.13. The van der Waals surface area contributed by atoms with Crippen molar-refractivity contribution in [1.82, 2.24) is 9.44 Å². The highest BCUT2D eigenvalue weighted by atomic mass is 32.2. The number of allylic oxidation sites excluding steroid dienone is 6. The summed E-state index contributed by atoms with van der Waals surface area (Å²) in [6, 6.07) is 0. The zero-order valence-corrected chi connectivity index (χ0v) is 11.8. The monoisotopic (exact) mass is 294 g/mol. The summed E-state index contributed by atoms with van der Waals surface area (Å²) in [5.74, 6) is 0.0299. The van der Waals surface area contributed by atoms with Crippen LogP contribution in [0.3, 0.4) is 0 Å². The SMILES string of the molecule is O=C[C@H]1C=CC(NS(=O)(=O)NC[C@H]2C=CC=CC2)=CC1. The fourth-order valence-electron chi connectivity index (χ4n) is 2.00. The molecule has 0 aliphatic heterocycles. The Bertz CT molecular complexity index is 573. The van der Waals surface area contributed by atoms with Crippen molar-refractivity contribution in [3.63, 3.8) is 0 Å². The molecule has 2 N–H and O–H groups in total. The first-order valence-electron chi connectivity index (χ1n) is 6.53. The van der Waals surface area contributed by atoms with Crippen molar-refractivity contribution in [2.45, 2.75) is 12.8 Å². The summed E-state index contributed by atoms with van der Waals surface area (Å²) in [5.41, 5.74) is 0.495. The maximum Gasteiger partial charge on any atom is 0.299 e. The Kier molecular flexibility index (Phi) is 4.92. The second-order valence-electron chi connectivity index (χ2n) is 4.82. The van der Waals surface area contributed by atoms with E-state index in [9.17, 15) is 13.2 Å². The Morgan fingerprint density at radius 3 is 2.70 bits per heavy atom. The smallest absolute Gasteiger partial charge is 0.299 e. The van der Waals surface area contributed by atoms with Crippen molar-refractivity contribution < 1.29 is 13.2 Å². The molecule has 2 rings (SSSR count). The minimum Gasteiger partial charge on any atom is -0.303 e. The standard InChI is InChI=1S/C14H18N2O3S/c17-11-13-6-8-14(9-7-13)16-20(18,19)15-10-12-4-2-1-3-5-12/h1-4,6,8-9,11-13,15-16H,5,7,10H2/t12-,13-/m0/s1. The maximum atomic E-state index is 11.9. The third-order valence-electron chi connectivity index (χ3n) is 3.16. The maximum absolute atomic E-state index is 11.9. The third-order valence-corrected chi connectivity index (χ3v) is 4.22. The van der Waals surface area contributed by atoms with E-state index in [1.54, 1.807) is 18.2 Å². The van der Waals surface area contributed by atoms with Gasteiger partial charge in [-0.2, -0.15) is 13.1 Å². The summed E-state index contributed by atoms with van der Waals surface area (Å²) in [6.07, 6.45) is 15.1. The van der Waals surface area contributed by atoms with E-state index in [0.29, 0.717) is 18.7 Å². The predicted molar refractivity (Wildman–Crippen MR) is 77.8 cm³/mol. The number of hydrogen-bond donors (Lipinski definition) is 2. The van der Waals surface area contributed by atoms with Crippen molar-refractivity contribution in [1.29, 1.82) is 0 Å². The van der Waals surface area contributed by atoms with Gasteiger partial charge in [0.15, 0.2) is 0 Å². The lowest BCUT2D eigenvalue weighted by atomic mass is 10.0. The van der Waals surface area contributed by atoms with E-state index in [0.717, 1.165) is 12.7 Å². The van der Waals surface area contributed by atoms with E-state index in [4.69, 9.17) is 0 Å². The predicted octanol–water partition coefficient (Wildman–Crippen LogP) is 1.20. The van der Waals surface area contributed by atoms with Crippen molar-refractivity contribution in [2.24, 2.45) is 11.8 Å². The molecule has 0 amide bonds. The van der Waals surface area contributed by atoms with Crippen LogP contribution in [0.4, 0.5) is 0 Å². The molecule has 2 aliphatic rings. The van der Waals surface area contributed by atoms with E-state index < -0.39 is 10.2 Å². The van der Waals surface area contributed by atoms with Gasteiger partial charge in [-0.1, -0.05) is 36.5 Å². The van der Waals surface area contributed by atoms with Crippen LogP contribution in [-0.2, 0) is 15.0 Å². The van der Waals surface area contributed by atoms with Gasteiger partial charge >= 0.3 is 0 Å². The van der Waals surface area contributed by atoms with Crippen molar-refractivity contribution in [3.8, 4) is 0 Å². The van der Waals surface area contributed by atoms with Gasteiger partial charge in [0.05, 0.1) is 0 Å². The number of nitrogens with one attached hydrogen (secondary N) is 2. The average Bonchev–Trinajstić information content (AvgIpc) is 2.47. The summed E-state index contributed by atoms with van der Waals surface area (Å²) in [7, 11) is -3.57. The Hall–Kier alpha value is -1.66. The summed E-state index contributed by atoms with van der Waals surface area (Å²) in [4.78, 5) is 10.6. The molecule has 2 aliphatic carbocycles. The zero-order valence-electron chi connectivity index (χ0n) is 11.0. The summed E-state index contributed by atoms with van der Waals surface area (Å²) in [6.45, 7) is 0.365. The number of hydrogen-bond acceptors (Lipinski definition) is 3. The number of carbonyl (C=O) groups is 1. The molecule has 6 heteroatoms. The van der Waals surface area contributed by atoms with Gasteiger partial charge < -0.3 is 4.79 Å². The van der Waals surface area contributed by atoms with E-state index in [2.05, 4.69) is 9.44 Å². The van der Waals surface area contributed by atoms with Crippen LogP contribution >= 0.6 is 0 Å². The van der Waals surface area contributed by atoms with E-state index >= 15 is 0 Å². The normalized spacial score (nSPS) is 25.3. The molecule has 0 heterocycles. The average molecular weight is 294 g/mol. The number of rotatable bonds is 6. The molecule has 108 valence electrons. The lowest BCUT2D eigenvalue weighted by Gasteiger charge is -2.17. The first kappa shape index (κ1) is 14.7. The van der Waals surface area contributed by atoms with Crippen molar-refractivity contribution >= 4 is 16.5 Å². The van der Waals surface area contributed by atoms with Crippen LogP contribution < -0.4 is 9.44 Å². The van der Waals surface area contributed by atoms with Crippen molar-refractivity contribution in [2.75, 3.05) is 6.54 Å². The van der Waals surface area contributed by atoms with Crippen LogP contribution in [-0.4, -0.2) is 21.2 Å². The molecule has 0 saturated carbocycles. The molecular formula is C14H18N2O3S. The minimum absolute atomic E-state index is 0.157. The Morgan fingerprint density at radius 1 is 1.25 bits per heavy atom. The summed E-state index contributed by atoms with van der Waals surface area (Å²) >= 11 is 0. The Labute approximate surface area is 119 Å². The molecule has 0 fully saturated rings. The molecule has 0 aromatic carbocycles. The quantitative estimate of drug-likeness (QED) is 0.723. The Balaban J connectivity index is 1.84. The molecule has 20 heavy (non-hydrogen) atoms. The topological polar surface area (TPSA) is 75.3 Å². The van der Waals surface area contributed by atoms with Crippen molar-refractivity contribution in [3.05, 3.63) is 48.2 Å². The van der Waals surface area contributed by atoms with Crippen LogP contribution in [0, 0.1) is 11.8 Å². The van der Waals surface area contributed by atoms with Gasteiger partial charge in [0.1, 0.15) is 6.29 Å². The van der Waals surface area contributed by atoms with Gasteiger partial charge in [-0.15, -0.1) is 0 Å². The molecule has 0 aromatic heterocycles. The summed E-state index contributed by atoms with van der Waals surface area (Å²) < 4.78 is 28.8. The highest BCUT2D eigenvalue weighted by Gasteiger charge is 2.15. The van der Waals surface area contributed by atoms with Gasteiger partial charge in [0.25, 0.3) is 10.2 Å². The van der Waals surface area contributed by atoms with Gasteiger partial charge in [-0.25, -0.2) is 0 Å². The molecule has 5 nitrogen and oxygen atoms in total. The first-order chi connectivity index (χ1) is 9.59. The molecule has 0 bridgehead atoms. The lowest BCUT2D eigenvalue weighted by molar-refractivity contribution is -0.109. The molecule has 0 radical (unpaired) electrons. The minimum atomic E-state index is -3.57. The van der Waals surface area contributed by atoms with Gasteiger partial charge in [-0.3, -0.25) is 4.72 Å². The van der Waals surface area contributed by atoms with Crippen LogP contribution in [0.5, 0.6) is 0 Å². The van der Waals surface area contributed by atoms with E-state index in [-0.39, 0.29) is 11.8 Å². The zero-order chi connectivity index (χ0) is 14.4. The first-order valence-corrected chi connectivity index (χ1v) is 8.02. The number of carbonyl (C=O) groups excluding carboxylic acids is 1. The van der Waals surface area contributed by atoms with Crippen LogP contribution in [0.15, 0.2) is 48.2 Å². The fraction of sp³-hybridized carbons (Fsp3) is 0.357. The molecule has 2 atom stereocenters. The second-order valence-corrected chi connectivity index (χ2v) is 6.32. The highest BCUT2D eigenvalue weighted by molar-refractivity contribution is 7.87. The fourth-order valence-corrected chi connectivity index (χ4v) is 2.97. The van der Waals surface area contributed by atoms with Crippen LogP contribution in [0.25, 0.3) is 0 Å². The third kappa shape index (κ3) is 4.47. The van der Waals surface area contributed by atoms with Crippen LogP contribution in [0.1, 0.15) is 12.8 Å². The van der Waals surface area contributed by atoms with E-state index in [1.165, 1.54) is 0 Å². The molecule has 0 saturated heterocycles. The summed E-state index contributed by atoms with van der Waals surface area (Å²) in [5, 5.41) is 0. The van der Waals surface area contributed by atoms with Gasteiger partial charge in [0, 0.05) is 18.2 Å². The van der Waals surface area contributed by atoms with E-state index in [1.807, 2.05) is 24.3 Å². The largest absolute Gasteiger partial charge is 0.303 e. The van der Waals surface area contributed by atoms with Crippen LogP contribution in [0.2, 0.25) is 0 Å². The molecule has 0 spiro atoms. The molecule has 0 aromatic rings. The second kappa shape index (κ2) is 6.67. The number of aldehydes is 1. The Morgan fingerprint density at radius 2 is 2.10 bits per heavy atom. The molecule has 0 unspecified atom stereocenters. The lowest BCUT2D eigenvalue weighted by Crippen LogP contribution is -2.38. The van der Waals surface area contributed by atoms with Gasteiger partial charge in [-0.05, 0) is 24.8 Å². The van der Waals surface area contributed by atoms with Gasteiger partial charge in [0.2, 0.25) is 0 Å². The molecular weight excluding hydrogens is 276 g/mol.